The van der Waals surface area contributed by atoms with Crippen molar-refractivity contribution < 1.29 is 9.90 Å². The summed E-state index contributed by atoms with van der Waals surface area (Å²) in [6.07, 6.45) is 27.3. The van der Waals surface area contributed by atoms with Gasteiger partial charge in [-0.25, -0.2) is 0 Å². The van der Waals surface area contributed by atoms with Crippen LogP contribution in [0.2, 0.25) is 0 Å². The maximum atomic E-state index is 10.4. The summed E-state index contributed by atoms with van der Waals surface area (Å²) in [6.45, 7) is 2.26. The highest BCUT2D eigenvalue weighted by Crippen LogP contribution is 2.41. The molecular formula is C23H40O2. The van der Waals surface area contributed by atoms with Crippen LogP contribution in [0, 0.1) is 11.8 Å². The summed E-state index contributed by atoms with van der Waals surface area (Å²) in [6, 6.07) is 0. The molecule has 0 bridgehead atoms. The number of carboxylic acid groups (broad SMARTS) is 1. The van der Waals surface area contributed by atoms with Crippen LogP contribution in [0.1, 0.15) is 103 Å². The van der Waals surface area contributed by atoms with Gasteiger partial charge in [-0.2, -0.15) is 0 Å². The Bertz CT molecular complexity index is 380. The molecule has 1 N–H and O–H groups in total. The number of carboxylic acids is 1. The Morgan fingerprint density at radius 3 is 2.24 bits per heavy atom. The van der Waals surface area contributed by atoms with Crippen molar-refractivity contribution in [3.05, 3.63) is 24.3 Å². The van der Waals surface area contributed by atoms with Crippen LogP contribution in [0.5, 0.6) is 0 Å². The second-order valence-electron chi connectivity index (χ2n) is 7.70. The number of hydrogen-bond donors (Lipinski definition) is 1. The minimum Gasteiger partial charge on any atom is -0.481 e. The van der Waals surface area contributed by atoms with Gasteiger partial charge in [0, 0.05) is 6.42 Å². The number of unbranched alkanes of at least 4 members (excludes halogenated alkanes) is 7. The highest BCUT2D eigenvalue weighted by molar-refractivity contribution is 5.66. The first-order valence-corrected chi connectivity index (χ1v) is 10.8. The quantitative estimate of drug-likeness (QED) is 0.221. The van der Waals surface area contributed by atoms with Crippen LogP contribution in [-0.2, 0) is 4.79 Å². The highest BCUT2D eigenvalue weighted by atomic mass is 16.4. The van der Waals surface area contributed by atoms with Gasteiger partial charge in [-0.1, -0.05) is 56.9 Å². The molecule has 0 saturated heterocycles. The highest BCUT2D eigenvalue weighted by Gasteiger charge is 2.29. The zero-order valence-electron chi connectivity index (χ0n) is 16.4. The molecule has 0 unspecified atom stereocenters. The Balaban J connectivity index is 2.00. The largest absolute Gasteiger partial charge is 0.481 e. The minimum atomic E-state index is -0.666. The van der Waals surface area contributed by atoms with Crippen molar-refractivity contribution in [1.82, 2.24) is 0 Å². The Kier molecular flexibility index (Phi) is 13.4. The fraction of sp³-hybridized carbons (Fsp3) is 0.783. The Labute approximate surface area is 155 Å². The van der Waals surface area contributed by atoms with E-state index in [1.54, 1.807) is 0 Å². The van der Waals surface area contributed by atoms with Crippen LogP contribution < -0.4 is 0 Å². The van der Waals surface area contributed by atoms with Gasteiger partial charge in [0.1, 0.15) is 0 Å². The minimum absolute atomic E-state index is 0.325. The lowest BCUT2D eigenvalue weighted by molar-refractivity contribution is -0.137. The lowest BCUT2D eigenvalue weighted by atomic mass is 9.93. The summed E-state index contributed by atoms with van der Waals surface area (Å²) in [4.78, 5) is 10.4. The Morgan fingerprint density at radius 2 is 1.56 bits per heavy atom. The van der Waals surface area contributed by atoms with E-state index in [0.29, 0.717) is 6.42 Å². The van der Waals surface area contributed by atoms with Crippen LogP contribution >= 0.6 is 0 Å². The van der Waals surface area contributed by atoms with E-state index in [2.05, 4.69) is 31.2 Å². The van der Waals surface area contributed by atoms with Gasteiger partial charge in [-0.05, 0) is 76.0 Å². The molecule has 0 aromatic carbocycles. The molecule has 144 valence electrons. The summed E-state index contributed by atoms with van der Waals surface area (Å²) in [5, 5.41) is 8.59. The number of rotatable bonds is 17. The number of carbonyl (C=O) groups is 1. The molecule has 1 rings (SSSR count). The SMILES string of the molecule is CCCCC/C=C\C[C@@H](CC/C=C\CCCCCCC(=O)O)C1CC1. The molecule has 2 heteroatoms. The van der Waals surface area contributed by atoms with E-state index in [1.807, 2.05) is 0 Å². The molecule has 1 saturated carbocycles. The average Bonchev–Trinajstić information content (AvgIpc) is 3.42. The Hall–Kier alpha value is -1.05. The van der Waals surface area contributed by atoms with Crippen LogP contribution in [0.15, 0.2) is 24.3 Å². The summed E-state index contributed by atoms with van der Waals surface area (Å²) in [5.74, 6) is 1.24. The third-order valence-electron chi connectivity index (χ3n) is 5.25. The van der Waals surface area contributed by atoms with Gasteiger partial charge in [0.05, 0.1) is 0 Å². The molecule has 0 aromatic heterocycles. The van der Waals surface area contributed by atoms with E-state index < -0.39 is 5.97 Å². The van der Waals surface area contributed by atoms with Gasteiger partial charge >= 0.3 is 5.97 Å². The van der Waals surface area contributed by atoms with E-state index in [4.69, 9.17) is 5.11 Å². The van der Waals surface area contributed by atoms with E-state index in [-0.39, 0.29) is 0 Å². The predicted molar refractivity (Wildman–Crippen MR) is 108 cm³/mol. The van der Waals surface area contributed by atoms with Crippen LogP contribution in [0.4, 0.5) is 0 Å². The van der Waals surface area contributed by atoms with Gasteiger partial charge in [0.2, 0.25) is 0 Å². The molecule has 0 aromatic rings. The zero-order valence-corrected chi connectivity index (χ0v) is 16.4. The molecule has 1 atom stereocenters. The van der Waals surface area contributed by atoms with Crippen LogP contribution in [-0.4, -0.2) is 11.1 Å². The van der Waals surface area contributed by atoms with Crippen LogP contribution in [0.25, 0.3) is 0 Å². The molecule has 2 nitrogen and oxygen atoms in total. The van der Waals surface area contributed by atoms with E-state index in [9.17, 15) is 4.79 Å². The maximum Gasteiger partial charge on any atom is 0.303 e. The van der Waals surface area contributed by atoms with Crippen molar-refractivity contribution in [2.75, 3.05) is 0 Å². The normalized spacial score (nSPS) is 16.0. The molecule has 0 aliphatic heterocycles. The molecule has 1 fully saturated rings. The predicted octanol–water partition coefficient (Wildman–Crippen LogP) is 7.30. The molecular weight excluding hydrogens is 308 g/mol. The second kappa shape index (κ2) is 15.2. The fourth-order valence-electron chi connectivity index (χ4n) is 3.45. The third-order valence-corrected chi connectivity index (χ3v) is 5.25. The molecule has 0 amide bonds. The van der Waals surface area contributed by atoms with E-state index in [1.165, 1.54) is 64.2 Å². The first kappa shape index (κ1) is 22.0. The number of aliphatic carboxylic acids is 1. The van der Waals surface area contributed by atoms with Gasteiger partial charge in [-0.3, -0.25) is 4.79 Å². The van der Waals surface area contributed by atoms with Crippen molar-refractivity contribution in [1.29, 1.82) is 0 Å². The van der Waals surface area contributed by atoms with Gasteiger partial charge in [-0.15, -0.1) is 0 Å². The topological polar surface area (TPSA) is 37.3 Å². The van der Waals surface area contributed by atoms with E-state index in [0.717, 1.165) is 37.5 Å². The smallest absolute Gasteiger partial charge is 0.303 e. The van der Waals surface area contributed by atoms with Crippen molar-refractivity contribution in [2.24, 2.45) is 11.8 Å². The first-order chi connectivity index (χ1) is 12.2. The van der Waals surface area contributed by atoms with Crippen molar-refractivity contribution in [3.8, 4) is 0 Å². The lowest BCUT2D eigenvalue weighted by Crippen LogP contribution is -2.01. The number of allylic oxidation sites excluding steroid dienone is 4. The molecule has 1 aliphatic carbocycles. The maximum absolute atomic E-state index is 10.4. The summed E-state index contributed by atoms with van der Waals surface area (Å²) >= 11 is 0. The summed E-state index contributed by atoms with van der Waals surface area (Å²) in [5.41, 5.74) is 0. The van der Waals surface area contributed by atoms with Crippen molar-refractivity contribution in [2.45, 2.75) is 103 Å². The second-order valence-corrected chi connectivity index (χ2v) is 7.70. The van der Waals surface area contributed by atoms with Gasteiger partial charge in [0.25, 0.3) is 0 Å². The summed E-state index contributed by atoms with van der Waals surface area (Å²) < 4.78 is 0. The van der Waals surface area contributed by atoms with Gasteiger partial charge < -0.3 is 5.11 Å². The summed E-state index contributed by atoms with van der Waals surface area (Å²) in [7, 11) is 0. The average molecular weight is 349 g/mol. The first-order valence-electron chi connectivity index (χ1n) is 10.8. The van der Waals surface area contributed by atoms with E-state index >= 15 is 0 Å². The van der Waals surface area contributed by atoms with Crippen molar-refractivity contribution >= 4 is 5.97 Å². The Morgan fingerprint density at radius 1 is 0.920 bits per heavy atom. The van der Waals surface area contributed by atoms with Crippen LogP contribution in [0.3, 0.4) is 0 Å². The van der Waals surface area contributed by atoms with Gasteiger partial charge in [0.15, 0.2) is 0 Å². The third kappa shape index (κ3) is 13.9. The van der Waals surface area contributed by atoms with Crippen molar-refractivity contribution in [3.63, 3.8) is 0 Å². The number of hydrogen-bond acceptors (Lipinski definition) is 1. The molecule has 0 radical (unpaired) electrons. The zero-order chi connectivity index (χ0) is 18.2. The standard InChI is InChI=1S/C23H40O2/c1-2-3-4-5-10-13-16-21(22-19-20-22)17-14-11-8-6-7-9-12-15-18-23(24)25/h8,10-11,13,21-22H,2-7,9,12,14-20H2,1H3,(H,24,25)/b11-8-,13-10-/t21-/m0/s1. The fourth-order valence-corrected chi connectivity index (χ4v) is 3.45. The molecule has 25 heavy (non-hydrogen) atoms. The monoisotopic (exact) mass is 348 g/mol. The molecule has 0 heterocycles. The molecule has 0 spiro atoms. The molecule has 1 aliphatic rings. The lowest BCUT2D eigenvalue weighted by Gasteiger charge is -2.12.